The van der Waals surface area contributed by atoms with Crippen LogP contribution < -0.4 is 0 Å². The zero-order valence-corrected chi connectivity index (χ0v) is 12.2. The number of nitrogens with zero attached hydrogens (tertiary/aromatic N) is 4. The maximum Gasteiger partial charge on any atom is 0.199 e. The molecule has 0 saturated carbocycles. The molecule has 2 aromatic heterocycles. The van der Waals surface area contributed by atoms with Crippen LogP contribution in [0.3, 0.4) is 0 Å². The maximum atomic E-state index is 14.2. The Balaban J connectivity index is 2.41. The minimum absolute atomic E-state index is 0.0359. The second kappa shape index (κ2) is 4.68. The summed E-state index contributed by atoms with van der Waals surface area (Å²) in [5, 5.41) is 8.26. The average Bonchev–Trinajstić information content (AvgIpc) is 2.84. The summed E-state index contributed by atoms with van der Waals surface area (Å²) in [7, 11) is 0. The first-order valence-electron chi connectivity index (χ1n) is 5.83. The van der Waals surface area contributed by atoms with Gasteiger partial charge in [-0.25, -0.2) is 9.37 Å². The minimum atomic E-state index is -0.534. The molecule has 7 heteroatoms. The van der Waals surface area contributed by atoms with Gasteiger partial charge in [0.25, 0.3) is 0 Å². The molecule has 0 fully saturated rings. The van der Waals surface area contributed by atoms with Crippen LogP contribution in [0.5, 0.6) is 0 Å². The molecule has 20 heavy (non-hydrogen) atoms. The number of fused-ring (bicyclic) bond motifs is 1. The summed E-state index contributed by atoms with van der Waals surface area (Å²) < 4.78 is 15.8. The summed E-state index contributed by atoms with van der Waals surface area (Å²) in [4.78, 5) is 4.17. The molecule has 3 aromatic rings. The Labute approximate surface area is 124 Å². The van der Waals surface area contributed by atoms with Gasteiger partial charge in [0, 0.05) is 5.69 Å². The lowest BCUT2D eigenvalue weighted by Crippen LogP contribution is -2.01. The van der Waals surface area contributed by atoms with Crippen molar-refractivity contribution in [1.82, 2.24) is 19.6 Å². The van der Waals surface area contributed by atoms with Gasteiger partial charge in [-0.2, -0.15) is 0 Å². The molecule has 3 rings (SSSR count). The SMILES string of the molecule is Cc1nc(Cl)c2nnc(-c3cccc(Cl)c3F)n2c1C. The highest BCUT2D eigenvalue weighted by molar-refractivity contribution is 6.32. The van der Waals surface area contributed by atoms with E-state index in [9.17, 15) is 4.39 Å². The fourth-order valence-electron chi connectivity index (χ4n) is 2.03. The van der Waals surface area contributed by atoms with Gasteiger partial charge in [0.15, 0.2) is 22.4 Å². The van der Waals surface area contributed by atoms with Gasteiger partial charge in [-0.05, 0) is 26.0 Å². The lowest BCUT2D eigenvalue weighted by Gasteiger charge is -2.08. The van der Waals surface area contributed by atoms with E-state index in [0.717, 1.165) is 11.4 Å². The maximum absolute atomic E-state index is 14.2. The predicted molar refractivity (Wildman–Crippen MR) is 75.7 cm³/mol. The average molecular weight is 311 g/mol. The van der Waals surface area contributed by atoms with Crippen molar-refractivity contribution >= 4 is 28.8 Å². The van der Waals surface area contributed by atoms with Gasteiger partial charge in [0.2, 0.25) is 0 Å². The molecule has 0 saturated heterocycles. The number of benzene rings is 1. The van der Waals surface area contributed by atoms with Crippen LogP contribution in [0.1, 0.15) is 11.4 Å². The van der Waals surface area contributed by atoms with E-state index in [1.165, 1.54) is 6.07 Å². The zero-order valence-electron chi connectivity index (χ0n) is 10.7. The van der Waals surface area contributed by atoms with Crippen molar-refractivity contribution in [2.24, 2.45) is 0 Å². The Bertz CT molecular complexity index is 829. The van der Waals surface area contributed by atoms with E-state index in [0.29, 0.717) is 11.5 Å². The van der Waals surface area contributed by atoms with E-state index in [2.05, 4.69) is 15.2 Å². The van der Waals surface area contributed by atoms with E-state index >= 15 is 0 Å². The van der Waals surface area contributed by atoms with E-state index in [1.807, 2.05) is 13.8 Å². The third kappa shape index (κ3) is 1.85. The smallest absolute Gasteiger partial charge is 0.199 e. The Kier molecular flexibility index (Phi) is 3.11. The normalized spacial score (nSPS) is 11.2. The van der Waals surface area contributed by atoms with Crippen molar-refractivity contribution in [1.29, 1.82) is 0 Å². The molecule has 0 N–H and O–H groups in total. The molecule has 0 aliphatic rings. The number of rotatable bonds is 1. The molecule has 0 atom stereocenters. The molecule has 0 bridgehead atoms. The molecule has 0 amide bonds. The number of hydrogen-bond acceptors (Lipinski definition) is 3. The molecule has 0 aliphatic carbocycles. The zero-order chi connectivity index (χ0) is 14.4. The molecule has 2 heterocycles. The van der Waals surface area contributed by atoms with Gasteiger partial charge < -0.3 is 0 Å². The Morgan fingerprint density at radius 1 is 1.15 bits per heavy atom. The van der Waals surface area contributed by atoms with Crippen molar-refractivity contribution in [3.05, 3.63) is 45.6 Å². The first-order valence-corrected chi connectivity index (χ1v) is 6.58. The second-order valence-corrected chi connectivity index (χ2v) is 5.12. The fraction of sp³-hybridized carbons (Fsp3) is 0.154. The number of aromatic nitrogens is 4. The third-order valence-corrected chi connectivity index (χ3v) is 3.71. The standard InChI is InChI=1S/C13H9Cl2FN4/c1-6-7(2)20-12(18-19-13(20)11(15)17-6)8-4-3-5-9(14)10(8)16/h3-5H,1-2H3. The highest BCUT2D eigenvalue weighted by atomic mass is 35.5. The van der Waals surface area contributed by atoms with E-state index in [-0.39, 0.29) is 15.7 Å². The monoisotopic (exact) mass is 310 g/mol. The summed E-state index contributed by atoms with van der Waals surface area (Å²) in [5.41, 5.74) is 2.19. The molecule has 102 valence electrons. The lowest BCUT2D eigenvalue weighted by atomic mass is 10.2. The molecule has 0 radical (unpaired) electrons. The number of halogens is 3. The first kappa shape index (κ1) is 13.3. The molecule has 0 aliphatic heterocycles. The van der Waals surface area contributed by atoms with E-state index in [4.69, 9.17) is 23.2 Å². The predicted octanol–water partition coefficient (Wildman–Crippen LogP) is 3.85. The van der Waals surface area contributed by atoms with Crippen molar-refractivity contribution in [2.45, 2.75) is 13.8 Å². The van der Waals surface area contributed by atoms with Crippen LogP contribution in [0.2, 0.25) is 10.2 Å². The molecular weight excluding hydrogens is 302 g/mol. The highest BCUT2D eigenvalue weighted by Gasteiger charge is 2.18. The van der Waals surface area contributed by atoms with Gasteiger partial charge in [-0.1, -0.05) is 29.3 Å². The Hall–Kier alpha value is -1.72. The Morgan fingerprint density at radius 3 is 2.65 bits per heavy atom. The van der Waals surface area contributed by atoms with Crippen LogP contribution in [0.25, 0.3) is 17.0 Å². The van der Waals surface area contributed by atoms with Crippen LogP contribution in [0.4, 0.5) is 4.39 Å². The Morgan fingerprint density at radius 2 is 1.90 bits per heavy atom. The quantitative estimate of drug-likeness (QED) is 0.685. The van der Waals surface area contributed by atoms with Crippen LogP contribution in [0.15, 0.2) is 18.2 Å². The molecule has 0 unspecified atom stereocenters. The largest absolute Gasteiger partial charge is 0.275 e. The molecule has 4 nitrogen and oxygen atoms in total. The lowest BCUT2D eigenvalue weighted by molar-refractivity contribution is 0.630. The number of hydrogen-bond donors (Lipinski definition) is 0. The van der Waals surface area contributed by atoms with E-state index in [1.54, 1.807) is 16.5 Å². The van der Waals surface area contributed by atoms with Crippen LogP contribution in [0, 0.1) is 19.7 Å². The van der Waals surface area contributed by atoms with Crippen LogP contribution >= 0.6 is 23.2 Å². The summed E-state index contributed by atoms with van der Waals surface area (Å²) in [5.74, 6) is -0.182. The van der Waals surface area contributed by atoms with E-state index < -0.39 is 5.82 Å². The fourth-order valence-corrected chi connectivity index (χ4v) is 2.45. The molecule has 0 spiro atoms. The summed E-state index contributed by atoms with van der Waals surface area (Å²) in [6.45, 7) is 3.67. The minimum Gasteiger partial charge on any atom is -0.275 e. The van der Waals surface area contributed by atoms with Crippen molar-refractivity contribution in [3.63, 3.8) is 0 Å². The van der Waals surface area contributed by atoms with Crippen LogP contribution in [-0.4, -0.2) is 19.6 Å². The number of aryl methyl sites for hydroxylation is 2. The van der Waals surface area contributed by atoms with Gasteiger partial charge in [-0.3, -0.25) is 4.40 Å². The van der Waals surface area contributed by atoms with Crippen LogP contribution in [-0.2, 0) is 0 Å². The van der Waals surface area contributed by atoms with Crippen molar-refractivity contribution in [3.8, 4) is 11.4 Å². The summed E-state index contributed by atoms with van der Waals surface area (Å²) in [6, 6.07) is 4.74. The van der Waals surface area contributed by atoms with Crippen molar-refractivity contribution < 1.29 is 4.39 Å². The van der Waals surface area contributed by atoms with Gasteiger partial charge in [-0.15, -0.1) is 10.2 Å². The highest BCUT2D eigenvalue weighted by Crippen LogP contribution is 2.29. The third-order valence-electron chi connectivity index (χ3n) is 3.16. The molecule has 1 aromatic carbocycles. The van der Waals surface area contributed by atoms with Gasteiger partial charge in [0.05, 0.1) is 16.3 Å². The molecular formula is C13H9Cl2FN4. The van der Waals surface area contributed by atoms with Crippen molar-refractivity contribution in [2.75, 3.05) is 0 Å². The summed E-state index contributed by atoms with van der Waals surface area (Å²) >= 11 is 11.9. The first-order chi connectivity index (χ1) is 9.50. The second-order valence-electron chi connectivity index (χ2n) is 4.36. The van der Waals surface area contributed by atoms with Gasteiger partial charge >= 0.3 is 0 Å². The van der Waals surface area contributed by atoms with Gasteiger partial charge in [0.1, 0.15) is 0 Å². The summed E-state index contributed by atoms with van der Waals surface area (Å²) in [6.07, 6.45) is 0. The topological polar surface area (TPSA) is 43.1 Å².